The Bertz CT molecular complexity index is 934. The molecule has 1 atom stereocenters. The number of rotatable bonds is 11. The SMILES string of the molecule is CC[C@H](C(=O)NC1CCCCC1)N(Cc1ccc(OC)cc1)C(=O)COc1ccc(C(C)C)cc1. The third-order valence-corrected chi connectivity index (χ3v) is 6.76. The highest BCUT2D eigenvalue weighted by Crippen LogP contribution is 2.21. The molecule has 0 spiro atoms. The molecule has 190 valence electrons. The van der Waals surface area contributed by atoms with E-state index < -0.39 is 6.04 Å². The van der Waals surface area contributed by atoms with Gasteiger partial charge in [0.2, 0.25) is 5.91 Å². The number of nitrogens with zero attached hydrogens (tertiary/aromatic N) is 1. The summed E-state index contributed by atoms with van der Waals surface area (Å²) in [5, 5.41) is 3.21. The summed E-state index contributed by atoms with van der Waals surface area (Å²) < 4.78 is 11.1. The fraction of sp³-hybridized carbons (Fsp3) is 0.517. The number of methoxy groups -OCH3 is 1. The third-order valence-electron chi connectivity index (χ3n) is 6.76. The van der Waals surface area contributed by atoms with Crippen molar-refractivity contribution in [3.63, 3.8) is 0 Å². The molecule has 0 radical (unpaired) electrons. The Balaban J connectivity index is 1.73. The number of carbonyl (C=O) groups is 2. The van der Waals surface area contributed by atoms with Gasteiger partial charge in [0.15, 0.2) is 6.61 Å². The molecular formula is C29H40N2O4. The average molecular weight is 481 g/mol. The van der Waals surface area contributed by atoms with Crippen molar-refractivity contribution in [2.24, 2.45) is 0 Å². The molecule has 0 saturated heterocycles. The second-order valence-corrected chi connectivity index (χ2v) is 9.65. The third kappa shape index (κ3) is 7.74. The van der Waals surface area contributed by atoms with Crippen LogP contribution in [0.15, 0.2) is 48.5 Å². The number of benzene rings is 2. The van der Waals surface area contributed by atoms with Gasteiger partial charge in [0.05, 0.1) is 7.11 Å². The molecule has 35 heavy (non-hydrogen) atoms. The van der Waals surface area contributed by atoms with Crippen molar-refractivity contribution in [3.8, 4) is 11.5 Å². The molecular weight excluding hydrogens is 440 g/mol. The first kappa shape index (κ1) is 26.6. The van der Waals surface area contributed by atoms with E-state index in [0.717, 1.165) is 37.0 Å². The molecule has 1 N–H and O–H groups in total. The molecule has 1 fully saturated rings. The van der Waals surface area contributed by atoms with Crippen LogP contribution >= 0.6 is 0 Å². The van der Waals surface area contributed by atoms with Crippen molar-refractivity contribution in [3.05, 3.63) is 59.7 Å². The van der Waals surface area contributed by atoms with Gasteiger partial charge in [-0.25, -0.2) is 0 Å². The number of hydrogen-bond donors (Lipinski definition) is 1. The standard InChI is InChI=1S/C29H40N2O4/c1-5-27(29(33)30-24-9-7-6-8-10-24)31(19-22-11-15-25(34-4)16-12-22)28(32)20-35-26-17-13-23(14-18-26)21(2)3/h11-18,21,24,27H,5-10,19-20H2,1-4H3,(H,30,33)/t27-/m1/s1. The van der Waals surface area contributed by atoms with E-state index in [2.05, 4.69) is 19.2 Å². The molecule has 0 aliphatic heterocycles. The van der Waals surface area contributed by atoms with Crippen LogP contribution in [-0.4, -0.2) is 42.5 Å². The van der Waals surface area contributed by atoms with Crippen LogP contribution < -0.4 is 14.8 Å². The lowest BCUT2D eigenvalue weighted by Crippen LogP contribution is -2.52. The fourth-order valence-corrected chi connectivity index (χ4v) is 4.57. The first-order valence-electron chi connectivity index (χ1n) is 12.9. The monoisotopic (exact) mass is 480 g/mol. The van der Waals surface area contributed by atoms with Crippen LogP contribution in [0.2, 0.25) is 0 Å². The molecule has 0 bridgehead atoms. The van der Waals surface area contributed by atoms with Gasteiger partial charge in [0.1, 0.15) is 17.5 Å². The van der Waals surface area contributed by atoms with E-state index in [1.54, 1.807) is 12.0 Å². The van der Waals surface area contributed by atoms with Gasteiger partial charge in [-0.05, 0) is 60.6 Å². The Morgan fingerprint density at radius 3 is 2.17 bits per heavy atom. The van der Waals surface area contributed by atoms with Gasteiger partial charge in [-0.15, -0.1) is 0 Å². The van der Waals surface area contributed by atoms with Crippen LogP contribution in [0.25, 0.3) is 0 Å². The lowest BCUT2D eigenvalue weighted by Gasteiger charge is -2.32. The van der Waals surface area contributed by atoms with Gasteiger partial charge in [0.25, 0.3) is 5.91 Å². The first-order chi connectivity index (χ1) is 16.9. The Morgan fingerprint density at radius 1 is 0.971 bits per heavy atom. The van der Waals surface area contributed by atoms with E-state index in [0.29, 0.717) is 24.6 Å². The molecule has 1 aliphatic carbocycles. The number of ether oxygens (including phenoxy) is 2. The van der Waals surface area contributed by atoms with Crippen molar-refractivity contribution in [2.45, 2.75) is 83.8 Å². The molecule has 2 aromatic carbocycles. The lowest BCUT2D eigenvalue weighted by atomic mass is 9.95. The highest BCUT2D eigenvalue weighted by molar-refractivity contribution is 5.88. The van der Waals surface area contributed by atoms with Gasteiger partial charge in [-0.1, -0.05) is 64.3 Å². The van der Waals surface area contributed by atoms with E-state index in [4.69, 9.17) is 9.47 Å². The molecule has 0 aromatic heterocycles. The number of nitrogens with one attached hydrogen (secondary N) is 1. The summed E-state index contributed by atoms with van der Waals surface area (Å²) in [4.78, 5) is 28.4. The Hall–Kier alpha value is -3.02. The highest BCUT2D eigenvalue weighted by atomic mass is 16.5. The van der Waals surface area contributed by atoms with Crippen molar-refractivity contribution in [2.75, 3.05) is 13.7 Å². The maximum atomic E-state index is 13.4. The number of amides is 2. The minimum atomic E-state index is -0.557. The van der Waals surface area contributed by atoms with Crippen LogP contribution in [0, 0.1) is 0 Å². The lowest BCUT2D eigenvalue weighted by molar-refractivity contribution is -0.143. The second-order valence-electron chi connectivity index (χ2n) is 9.65. The number of hydrogen-bond acceptors (Lipinski definition) is 4. The predicted octanol–water partition coefficient (Wildman–Crippen LogP) is 5.45. The predicted molar refractivity (Wildman–Crippen MR) is 139 cm³/mol. The molecule has 1 saturated carbocycles. The van der Waals surface area contributed by atoms with Gasteiger partial charge in [-0.2, -0.15) is 0 Å². The van der Waals surface area contributed by atoms with Crippen molar-refractivity contribution in [1.82, 2.24) is 10.2 Å². The van der Waals surface area contributed by atoms with Gasteiger partial charge in [0, 0.05) is 12.6 Å². The van der Waals surface area contributed by atoms with E-state index >= 15 is 0 Å². The van der Waals surface area contributed by atoms with Crippen LogP contribution in [-0.2, 0) is 16.1 Å². The second kappa shape index (κ2) is 13.2. The van der Waals surface area contributed by atoms with E-state index in [1.165, 1.54) is 12.0 Å². The summed E-state index contributed by atoms with van der Waals surface area (Å²) in [6.07, 6.45) is 6.04. The maximum absolute atomic E-state index is 13.4. The Morgan fingerprint density at radius 2 is 1.60 bits per heavy atom. The van der Waals surface area contributed by atoms with Crippen molar-refractivity contribution in [1.29, 1.82) is 0 Å². The summed E-state index contributed by atoms with van der Waals surface area (Å²) >= 11 is 0. The topological polar surface area (TPSA) is 67.9 Å². The van der Waals surface area contributed by atoms with Crippen molar-refractivity contribution < 1.29 is 19.1 Å². The molecule has 1 aliphatic rings. The zero-order valence-electron chi connectivity index (χ0n) is 21.6. The normalized spacial score (nSPS) is 14.9. The summed E-state index contributed by atoms with van der Waals surface area (Å²) in [6, 6.07) is 15.1. The van der Waals surface area contributed by atoms with Gasteiger partial charge in [-0.3, -0.25) is 9.59 Å². The molecule has 0 unspecified atom stereocenters. The Labute approximate surface area is 210 Å². The van der Waals surface area contributed by atoms with Crippen LogP contribution in [0.1, 0.15) is 76.3 Å². The van der Waals surface area contributed by atoms with Crippen molar-refractivity contribution >= 4 is 11.8 Å². The van der Waals surface area contributed by atoms with E-state index in [9.17, 15) is 9.59 Å². The van der Waals surface area contributed by atoms with Gasteiger partial charge >= 0.3 is 0 Å². The molecule has 6 heteroatoms. The molecule has 2 aromatic rings. The molecule has 3 rings (SSSR count). The molecule has 2 amide bonds. The van der Waals surface area contributed by atoms with Crippen LogP contribution in [0.5, 0.6) is 11.5 Å². The van der Waals surface area contributed by atoms with E-state index in [1.807, 2.05) is 55.5 Å². The minimum Gasteiger partial charge on any atom is -0.497 e. The summed E-state index contributed by atoms with van der Waals surface area (Å²) in [5.74, 6) is 1.54. The summed E-state index contributed by atoms with van der Waals surface area (Å²) in [7, 11) is 1.62. The summed E-state index contributed by atoms with van der Waals surface area (Å²) in [5.41, 5.74) is 2.15. The largest absolute Gasteiger partial charge is 0.497 e. The quantitative estimate of drug-likeness (QED) is 0.464. The maximum Gasteiger partial charge on any atom is 0.261 e. The van der Waals surface area contributed by atoms with Crippen LogP contribution in [0.4, 0.5) is 0 Å². The molecule has 6 nitrogen and oxygen atoms in total. The fourth-order valence-electron chi connectivity index (χ4n) is 4.57. The zero-order valence-corrected chi connectivity index (χ0v) is 21.6. The Kier molecular flexibility index (Phi) is 10.0. The average Bonchev–Trinajstić information content (AvgIpc) is 2.88. The minimum absolute atomic E-state index is 0.0810. The molecule has 0 heterocycles. The summed E-state index contributed by atoms with van der Waals surface area (Å²) in [6.45, 7) is 6.43. The first-order valence-corrected chi connectivity index (χ1v) is 12.9. The van der Waals surface area contributed by atoms with Crippen LogP contribution in [0.3, 0.4) is 0 Å². The number of carbonyl (C=O) groups excluding carboxylic acids is 2. The smallest absolute Gasteiger partial charge is 0.261 e. The highest BCUT2D eigenvalue weighted by Gasteiger charge is 2.30. The zero-order chi connectivity index (χ0) is 25.2. The van der Waals surface area contributed by atoms with Gasteiger partial charge < -0.3 is 19.7 Å². The van der Waals surface area contributed by atoms with E-state index in [-0.39, 0.29) is 24.5 Å².